The van der Waals surface area contributed by atoms with E-state index in [2.05, 4.69) is 10.3 Å². The highest BCUT2D eigenvalue weighted by Crippen LogP contribution is 2.15. The van der Waals surface area contributed by atoms with Crippen LogP contribution in [0.5, 0.6) is 0 Å². The number of nitrogens with zero attached hydrogens (tertiary/aromatic N) is 1. The van der Waals surface area contributed by atoms with E-state index in [9.17, 15) is 4.79 Å². The largest absolute Gasteiger partial charge is 0.344 e. The molecule has 1 atom stereocenters. The number of hydrogen-bond donors (Lipinski definition) is 1. The van der Waals surface area contributed by atoms with E-state index in [-0.39, 0.29) is 11.9 Å². The zero-order valence-electron chi connectivity index (χ0n) is 11.8. The van der Waals surface area contributed by atoms with Gasteiger partial charge < -0.3 is 5.32 Å². The third-order valence-corrected chi connectivity index (χ3v) is 3.51. The van der Waals surface area contributed by atoms with Gasteiger partial charge in [-0.1, -0.05) is 54.6 Å². The Balaban J connectivity index is 1.80. The van der Waals surface area contributed by atoms with Gasteiger partial charge in [0.05, 0.1) is 6.04 Å². The highest BCUT2D eigenvalue weighted by Gasteiger charge is 2.12. The lowest BCUT2D eigenvalue weighted by Gasteiger charge is -2.14. The first kappa shape index (κ1) is 13.3. The van der Waals surface area contributed by atoms with E-state index >= 15 is 0 Å². The summed E-state index contributed by atoms with van der Waals surface area (Å²) >= 11 is 0. The summed E-state index contributed by atoms with van der Waals surface area (Å²) in [7, 11) is 0. The maximum absolute atomic E-state index is 12.3. The smallest absolute Gasteiger partial charge is 0.270 e. The van der Waals surface area contributed by atoms with Gasteiger partial charge in [-0.2, -0.15) is 0 Å². The van der Waals surface area contributed by atoms with Crippen molar-refractivity contribution >= 4 is 16.7 Å². The van der Waals surface area contributed by atoms with E-state index in [1.807, 2.05) is 67.6 Å². The molecule has 0 saturated heterocycles. The fraction of sp³-hybridized carbons (Fsp3) is 0.111. The van der Waals surface area contributed by atoms with Crippen LogP contribution >= 0.6 is 0 Å². The summed E-state index contributed by atoms with van der Waals surface area (Å²) in [5, 5.41) is 5.03. The number of aromatic nitrogens is 1. The molecule has 104 valence electrons. The molecule has 1 heterocycles. The van der Waals surface area contributed by atoms with Gasteiger partial charge in [0, 0.05) is 11.6 Å². The Morgan fingerprint density at radius 3 is 2.43 bits per heavy atom. The molecular weight excluding hydrogens is 260 g/mol. The fourth-order valence-electron chi connectivity index (χ4n) is 2.30. The summed E-state index contributed by atoms with van der Waals surface area (Å²) in [6, 6.07) is 19.5. The number of rotatable bonds is 3. The van der Waals surface area contributed by atoms with Crippen molar-refractivity contribution < 1.29 is 4.79 Å². The number of amides is 1. The molecular formula is C18H16N2O. The van der Waals surface area contributed by atoms with E-state index < -0.39 is 0 Å². The van der Waals surface area contributed by atoms with Gasteiger partial charge in [0.15, 0.2) is 0 Å². The predicted molar refractivity (Wildman–Crippen MR) is 84.1 cm³/mol. The van der Waals surface area contributed by atoms with Crippen molar-refractivity contribution in [1.29, 1.82) is 0 Å². The predicted octanol–water partition coefficient (Wildman–Crippen LogP) is 3.73. The van der Waals surface area contributed by atoms with Crippen molar-refractivity contribution in [3.63, 3.8) is 0 Å². The van der Waals surface area contributed by atoms with Crippen molar-refractivity contribution in [2.24, 2.45) is 0 Å². The van der Waals surface area contributed by atoms with Crippen molar-refractivity contribution in [2.45, 2.75) is 13.0 Å². The van der Waals surface area contributed by atoms with Gasteiger partial charge in [0.1, 0.15) is 5.69 Å². The van der Waals surface area contributed by atoms with Crippen LogP contribution in [0.2, 0.25) is 0 Å². The first-order chi connectivity index (χ1) is 10.2. The Morgan fingerprint density at radius 1 is 1.00 bits per heavy atom. The number of pyridine rings is 1. The van der Waals surface area contributed by atoms with Crippen LogP contribution in [0.3, 0.4) is 0 Å². The average molecular weight is 276 g/mol. The summed E-state index contributed by atoms with van der Waals surface area (Å²) in [5.74, 6) is -0.155. The molecule has 3 rings (SSSR count). The second-order valence-electron chi connectivity index (χ2n) is 5.02. The summed E-state index contributed by atoms with van der Waals surface area (Å²) in [4.78, 5) is 16.5. The van der Waals surface area contributed by atoms with Gasteiger partial charge >= 0.3 is 0 Å². The number of carbonyl (C=O) groups is 1. The lowest BCUT2D eigenvalue weighted by molar-refractivity contribution is 0.0935. The summed E-state index contributed by atoms with van der Waals surface area (Å²) < 4.78 is 0. The van der Waals surface area contributed by atoms with E-state index in [1.165, 1.54) is 0 Å². The average Bonchev–Trinajstić information content (AvgIpc) is 2.55. The Bertz CT molecular complexity index is 768. The van der Waals surface area contributed by atoms with Crippen molar-refractivity contribution in [1.82, 2.24) is 10.3 Å². The Morgan fingerprint density at radius 2 is 1.67 bits per heavy atom. The number of hydrogen-bond acceptors (Lipinski definition) is 2. The molecule has 1 N–H and O–H groups in total. The molecule has 0 fully saturated rings. The molecule has 3 heteroatoms. The number of carbonyl (C=O) groups excluding carboxylic acids is 1. The third kappa shape index (κ3) is 2.92. The second-order valence-corrected chi connectivity index (χ2v) is 5.02. The summed E-state index contributed by atoms with van der Waals surface area (Å²) in [6.45, 7) is 1.97. The Labute approximate surface area is 123 Å². The van der Waals surface area contributed by atoms with E-state index in [0.717, 1.165) is 16.3 Å². The quantitative estimate of drug-likeness (QED) is 0.792. The molecule has 0 aliphatic heterocycles. The first-order valence-electron chi connectivity index (χ1n) is 6.94. The number of nitrogens with one attached hydrogen (secondary N) is 1. The fourth-order valence-corrected chi connectivity index (χ4v) is 2.30. The molecule has 0 spiro atoms. The van der Waals surface area contributed by atoms with Crippen molar-refractivity contribution in [3.05, 3.63) is 78.1 Å². The molecule has 0 aliphatic carbocycles. The van der Waals surface area contributed by atoms with Crippen molar-refractivity contribution in [2.75, 3.05) is 0 Å². The minimum atomic E-state index is -0.155. The zero-order chi connectivity index (χ0) is 14.7. The van der Waals surface area contributed by atoms with Crippen LogP contribution < -0.4 is 5.32 Å². The molecule has 1 amide bonds. The molecule has 1 unspecified atom stereocenters. The number of benzene rings is 2. The van der Waals surface area contributed by atoms with Gasteiger partial charge in [-0.15, -0.1) is 0 Å². The molecule has 0 saturated carbocycles. The molecule has 3 aromatic rings. The zero-order valence-corrected chi connectivity index (χ0v) is 11.8. The van der Waals surface area contributed by atoms with E-state index in [0.29, 0.717) is 5.69 Å². The lowest BCUT2D eigenvalue weighted by atomic mass is 10.1. The summed E-state index contributed by atoms with van der Waals surface area (Å²) in [5.41, 5.74) is 1.52. The highest BCUT2D eigenvalue weighted by molar-refractivity contribution is 5.96. The van der Waals surface area contributed by atoms with Crippen LogP contribution in [0.25, 0.3) is 10.8 Å². The summed E-state index contributed by atoms with van der Waals surface area (Å²) in [6.07, 6.45) is 1.73. The molecule has 1 aromatic heterocycles. The second kappa shape index (κ2) is 5.75. The van der Waals surface area contributed by atoms with Crippen LogP contribution in [0.15, 0.2) is 66.9 Å². The Hall–Kier alpha value is -2.68. The van der Waals surface area contributed by atoms with Gasteiger partial charge in [0.2, 0.25) is 0 Å². The maximum Gasteiger partial charge on any atom is 0.270 e. The number of fused-ring (bicyclic) bond motifs is 1. The standard InChI is InChI=1S/C18H16N2O/c1-13(14-7-3-2-4-8-14)20-18(21)17-11-15-9-5-6-10-16(15)12-19-17/h2-13H,1H3,(H,20,21). The van der Waals surface area contributed by atoms with Crippen LogP contribution in [-0.4, -0.2) is 10.9 Å². The van der Waals surface area contributed by atoms with Gasteiger partial charge in [-0.05, 0) is 23.9 Å². The van der Waals surface area contributed by atoms with Crippen LogP contribution in [0, 0.1) is 0 Å². The molecule has 0 aliphatic rings. The van der Waals surface area contributed by atoms with Gasteiger partial charge in [0.25, 0.3) is 5.91 Å². The third-order valence-electron chi connectivity index (χ3n) is 3.51. The van der Waals surface area contributed by atoms with Crippen LogP contribution in [-0.2, 0) is 0 Å². The van der Waals surface area contributed by atoms with Gasteiger partial charge in [-0.3, -0.25) is 9.78 Å². The molecule has 21 heavy (non-hydrogen) atoms. The highest BCUT2D eigenvalue weighted by atomic mass is 16.1. The molecule has 2 aromatic carbocycles. The first-order valence-corrected chi connectivity index (χ1v) is 6.94. The topological polar surface area (TPSA) is 42.0 Å². The van der Waals surface area contributed by atoms with E-state index in [1.54, 1.807) is 6.20 Å². The van der Waals surface area contributed by atoms with Crippen LogP contribution in [0.4, 0.5) is 0 Å². The monoisotopic (exact) mass is 276 g/mol. The SMILES string of the molecule is CC(NC(=O)c1cc2ccccc2cn1)c1ccccc1. The minimum Gasteiger partial charge on any atom is -0.344 e. The normalized spacial score (nSPS) is 12.0. The van der Waals surface area contributed by atoms with Gasteiger partial charge in [-0.25, -0.2) is 0 Å². The maximum atomic E-state index is 12.3. The Kier molecular flexibility index (Phi) is 3.65. The van der Waals surface area contributed by atoms with E-state index in [4.69, 9.17) is 0 Å². The van der Waals surface area contributed by atoms with Crippen molar-refractivity contribution in [3.8, 4) is 0 Å². The lowest BCUT2D eigenvalue weighted by Crippen LogP contribution is -2.27. The molecule has 0 bridgehead atoms. The molecule has 0 radical (unpaired) electrons. The van der Waals surface area contributed by atoms with Crippen LogP contribution in [0.1, 0.15) is 29.0 Å². The minimum absolute atomic E-state index is 0.0491. The molecule has 3 nitrogen and oxygen atoms in total.